The molecule has 1 aromatic carbocycles. The van der Waals surface area contributed by atoms with Crippen LogP contribution in [0.1, 0.15) is 22.8 Å². The Balaban J connectivity index is 2.33. The second-order valence-corrected chi connectivity index (χ2v) is 4.70. The highest BCUT2D eigenvalue weighted by molar-refractivity contribution is 7.80. The van der Waals surface area contributed by atoms with Gasteiger partial charge in [-0.25, -0.2) is 9.67 Å². The lowest BCUT2D eigenvalue weighted by molar-refractivity contribution is 0.414. The fourth-order valence-electron chi connectivity index (χ4n) is 1.93. The summed E-state index contributed by atoms with van der Waals surface area (Å²) in [5.74, 6) is 2.33. The first-order chi connectivity index (χ1) is 9.01. The van der Waals surface area contributed by atoms with E-state index in [9.17, 15) is 0 Å². The van der Waals surface area contributed by atoms with E-state index < -0.39 is 0 Å². The maximum absolute atomic E-state index is 5.70. The predicted molar refractivity (Wildman–Crippen MR) is 77.5 cm³/mol. The van der Waals surface area contributed by atoms with Crippen LogP contribution in [0.15, 0.2) is 18.2 Å². The Hall–Kier alpha value is -1.95. The highest BCUT2D eigenvalue weighted by Crippen LogP contribution is 2.20. The Morgan fingerprint density at radius 1 is 1.42 bits per heavy atom. The van der Waals surface area contributed by atoms with Gasteiger partial charge in [-0.1, -0.05) is 18.3 Å². The highest BCUT2D eigenvalue weighted by Gasteiger charge is 2.09. The van der Waals surface area contributed by atoms with E-state index in [1.54, 1.807) is 7.11 Å². The minimum Gasteiger partial charge on any atom is -0.496 e. The molecule has 6 heteroatoms. The van der Waals surface area contributed by atoms with Gasteiger partial charge in [-0.05, 0) is 31.5 Å². The van der Waals surface area contributed by atoms with Crippen molar-refractivity contribution in [2.45, 2.75) is 20.4 Å². The molecule has 0 bridgehead atoms. The van der Waals surface area contributed by atoms with E-state index in [1.165, 1.54) is 0 Å². The van der Waals surface area contributed by atoms with Crippen molar-refractivity contribution >= 4 is 17.2 Å². The van der Waals surface area contributed by atoms with Crippen LogP contribution in [0, 0.1) is 13.8 Å². The van der Waals surface area contributed by atoms with Crippen LogP contribution in [0.5, 0.6) is 5.75 Å². The lowest BCUT2D eigenvalue weighted by Crippen LogP contribution is -2.12. The number of ether oxygens (including phenoxy) is 1. The van der Waals surface area contributed by atoms with Crippen molar-refractivity contribution in [3.63, 3.8) is 0 Å². The lowest BCUT2D eigenvalue weighted by atomic mass is 10.1. The molecule has 0 spiro atoms. The van der Waals surface area contributed by atoms with Crippen LogP contribution >= 0.6 is 12.2 Å². The Kier molecular flexibility index (Phi) is 3.80. The van der Waals surface area contributed by atoms with Gasteiger partial charge in [0.05, 0.1) is 19.2 Å². The van der Waals surface area contributed by atoms with E-state index in [1.807, 2.05) is 36.7 Å². The smallest absolute Gasteiger partial charge is 0.147 e. The molecule has 0 fully saturated rings. The largest absolute Gasteiger partial charge is 0.496 e. The molecule has 1 aromatic heterocycles. The fraction of sp³-hybridized carbons (Fsp3) is 0.308. The van der Waals surface area contributed by atoms with Crippen LogP contribution in [-0.4, -0.2) is 26.9 Å². The molecule has 0 saturated carbocycles. The Bertz CT molecular complexity index is 621. The highest BCUT2D eigenvalue weighted by atomic mass is 32.1. The van der Waals surface area contributed by atoms with Gasteiger partial charge >= 0.3 is 0 Å². The van der Waals surface area contributed by atoms with Gasteiger partial charge in [-0.2, -0.15) is 5.10 Å². The van der Waals surface area contributed by atoms with Crippen molar-refractivity contribution in [1.82, 2.24) is 14.8 Å². The van der Waals surface area contributed by atoms with E-state index >= 15 is 0 Å². The molecule has 0 aliphatic carbocycles. The fourth-order valence-corrected chi connectivity index (χ4v) is 2.09. The van der Waals surface area contributed by atoms with Crippen LogP contribution in [0.25, 0.3) is 0 Å². The van der Waals surface area contributed by atoms with Gasteiger partial charge in [0.2, 0.25) is 0 Å². The first-order valence-electron chi connectivity index (χ1n) is 5.86. The number of nitrogens with zero attached hydrogens (tertiary/aromatic N) is 3. The molecule has 1 heterocycles. The van der Waals surface area contributed by atoms with Crippen molar-refractivity contribution in [2.75, 3.05) is 7.11 Å². The zero-order valence-corrected chi connectivity index (χ0v) is 12.0. The summed E-state index contributed by atoms with van der Waals surface area (Å²) in [5.41, 5.74) is 7.50. The third-order valence-electron chi connectivity index (χ3n) is 2.82. The molecule has 100 valence electrons. The van der Waals surface area contributed by atoms with E-state index in [-0.39, 0.29) is 0 Å². The molecule has 0 amide bonds. The molecule has 2 N–H and O–H groups in total. The third kappa shape index (κ3) is 2.90. The lowest BCUT2D eigenvalue weighted by Gasteiger charge is -2.10. The molecular formula is C13H16N4OS. The molecule has 0 aliphatic rings. The van der Waals surface area contributed by atoms with Gasteiger partial charge < -0.3 is 10.5 Å². The number of hydrogen-bond acceptors (Lipinski definition) is 4. The topological polar surface area (TPSA) is 66.0 Å². The third-order valence-corrected chi connectivity index (χ3v) is 3.04. The molecule has 19 heavy (non-hydrogen) atoms. The number of aryl methyl sites for hydroxylation is 2. The standard InChI is InChI=1S/C13H16N4OS/c1-8-15-9(2)17(16-8)7-10-4-5-12(18-3)11(6-10)13(14)19/h4-6H,7H2,1-3H3,(H2,14,19). The van der Waals surface area contributed by atoms with Gasteiger partial charge in [0.1, 0.15) is 22.4 Å². The van der Waals surface area contributed by atoms with Crippen LogP contribution in [0.3, 0.4) is 0 Å². The molecular weight excluding hydrogens is 260 g/mol. The Morgan fingerprint density at radius 2 is 2.16 bits per heavy atom. The Labute approximate surface area is 117 Å². The van der Waals surface area contributed by atoms with Crippen LogP contribution in [-0.2, 0) is 6.54 Å². The molecule has 0 radical (unpaired) electrons. The molecule has 2 rings (SSSR count). The van der Waals surface area contributed by atoms with E-state index in [4.69, 9.17) is 22.7 Å². The molecule has 0 atom stereocenters. The number of hydrogen-bond donors (Lipinski definition) is 1. The average molecular weight is 276 g/mol. The van der Waals surface area contributed by atoms with Gasteiger partial charge in [0.25, 0.3) is 0 Å². The van der Waals surface area contributed by atoms with Gasteiger partial charge in [0.15, 0.2) is 0 Å². The minimum atomic E-state index is 0.324. The van der Waals surface area contributed by atoms with Crippen molar-refractivity contribution in [3.8, 4) is 5.75 Å². The van der Waals surface area contributed by atoms with Crippen LogP contribution in [0.4, 0.5) is 0 Å². The maximum atomic E-state index is 5.70. The number of nitrogens with two attached hydrogens (primary N) is 1. The normalized spacial score (nSPS) is 10.5. The number of thiocarbonyl (C=S) groups is 1. The molecule has 5 nitrogen and oxygen atoms in total. The van der Waals surface area contributed by atoms with E-state index in [0.29, 0.717) is 17.3 Å². The van der Waals surface area contributed by atoms with Gasteiger partial charge in [0, 0.05) is 0 Å². The zero-order valence-electron chi connectivity index (χ0n) is 11.2. The summed E-state index contributed by atoms with van der Waals surface area (Å²) < 4.78 is 7.09. The molecule has 0 saturated heterocycles. The predicted octanol–water partition coefficient (Wildman–Crippen LogP) is 1.59. The van der Waals surface area contributed by atoms with E-state index in [0.717, 1.165) is 22.8 Å². The summed E-state index contributed by atoms with van der Waals surface area (Å²) >= 11 is 5.03. The Morgan fingerprint density at radius 3 is 2.68 bits per heavy atom. The monoisotopic (exact) mass is 276 g/mol. The number of aromatic nitrogens is 3. The summed E-state index contributed by atoms with van der Waals surface area (Å²) in [7, 11) is 1.60. The van der Waals surface area contributed by atoms with Gasteiger partial charge in [-0.3, -0.25) is 0 Å². The molecule has 0 unspecified atom stereocenters. The maximum Gasteiger partial charge on any atom is 0.147 e. The van der Waals surface area contributed by atoms with Crippen LogP contribution < -0.4 is 10.5 Å². The summed E-state index contributed by atoms with van der Waals surface area (Å²) in [5, 5.41) is 4.33. The second kappa shape index (κ2) is 5.36. The number of rotatable bonds is 4. The second-order valence-electron chi connectivity index (χ2n) is 4.26. The van der Waals surface area contributed by atoms with Crippen LogP contribution in [0.2, 0.25) is 0 Å². The quantitative estimate of drug-likeness (QED) is 0.859. The average Bonchev–Trinajstić information content (AvgIpc) is 2.67. The molecule has 2 aromatic rings. The first-order valence-corrected chi connectivity index (χ1v) is 6.27. The van der Waals surface area contributed by atoms with Crippen molar-refractivity contribution in [1.29, 1.82) is 0 Å². The van der Waals surface area contributed by atoms with Crippen molar-refractivity contribution in [3.05, 3.63) is 41.0 Å². The summed E-state index contributed by atoms with van der Waals surface area (Å²) in [6.45, 7) is 4.43. The summed E-state index contributed by atoms with van der Waals surface area (Å²) in [4.78, 5) is 4.60. The summed E-state index contributed by atoms with van der Waals surface area (Å²) in [6, 6.07) is 5.76. The first kappa shape index (κ1) is 13.5. The van der Waals surface area contributed by atoms with E-state index in [2.05, 4.69) is 10.1 Å². The van der Waals surface area contributed by atoms with Crippen molar-refractivity contribution in [2.24, 2.45) is 5.73 Å². The zero-order chi connectivity index (χ0) is 14.0. The van der Waals surface area contributed by atoms with Crippen molar-refractivity contribution < 1.29 is 4.74 Å². The summed E-state index contributed by atoms with van der Waals surface area (Å²) in [6.07, 6.45) is 0. The SMILES string of the molecule is COc1ccc(Cn2nc(C)nc2C)cc1C(N)=S. The van der Waals surface area contributed by atoms with Gasteiger partial charge in [-0.15, -0.1) is 0 Å². The molecule has 0 aliphatic heterocycles. The number of methoxy groups -OCH3 is 1. The minimum absolute atomic E-state index is 0.324. The number of benzene rings is 1.